The molecule has 0 bridgehead atoms. The molecule has 0 saturated heterocycles. The Kier molecular flexibility index (Phi) is 7.49. The van der Waals surface area contributed by atoms with Crippen LogP contribution in [0.2, 0.25) is 0 Å². The lowest BCUT2D eigenvalue weighted by Gasteiger charge is -2.24. The van der Waals surface area contributed by atoms with E-state index in [-0.39, 0.29) is 0 Å². The highest BCUT2D eigenvalue weighted by Crippen LogP contribution is 2.15. The number of nitrogens with one attached hydrogen (secondary N) is 1. The second-order valence-electron chi connectivity index (χ2n) is 5.28. The third kappa shape index (κ3) is 5.60. The maximum atomic E-state index is 4.47. The lowest BCUT2D eigenvalue weighted by molar-refractivity contribution is 0.238. The van der Waals surface area contributed by atoms with Crippen molar-refractivity contribution >= 4 is 5.82 Å². The summed E-state index contributed by atoms with van der Waals surface area (Å²) in [6.45, 7) is 13.2. The molecule has 0 radical (unpaired) electrons. The molecule has 0 aliphatic rings. The second kappa shape index (κ2) is 8.92. The fourth-order valence-corrected chi connectivity index (χ4v) is 2.08. The van der Waals surface area contributed by atoms with Crippen LogP contribution in [0.4, 0.5) is 5.82 Å². The van der Waals surface area contributed by atoms with E-state index in [2.05, 4.69) is 49.0 Å². The summed E-state index contributed by atoms with van der Waals surface area (Å²) in [5.41, 5.74) is 1.31. The third-order valence-electron chi connectivity index (χ3n) is 3.54. The van der Waals surface area contributed by atoms with Crippen molar-refractivity contribution in [3.8, 4) is 0 Å². The number of hydrogen-bond acceptors (Lipinski definition) is 3. The van der Waals surface area contributed by atoms with Gasteiger partial charge in [-0.2, -0.15) is 0 Å². The molecular formula is C16H29N3. The summed E-state index contributed by atoms with van der Waals surface area (Å²) in [7, 11) is 0. The first kappa shape index (κ1) is 16.0. The van der Waals surface area contributed by atoms with E-state index in [0.717, 1.165) is 44.3 Å². The summed E-state index contributed by atoms with van der Waals surface area (Å²) in [5.74, 6) is 1.80. The van der Waals surface area contributed by atoms with E-state index in [1.807, 2.05) is 12.3 Å². The zero-order chi connectivity index (χ0) is 14.1. The molecular weight excluding hydrogens is 234 g/mol. The summed E-state index contributed by atoms with van der Waals surface area (Å²) in [6.07, 6.45) is 4.23. The smallest absolute Gasteiger partial charge is 0.130 e. The molecule has 0 aliphatic heterocycles. The molecule has 1 aromatic heterocycles. The largest absolute Gasteiger partial charge is 0.370 e. The Morgan fingerprint density at radius 1 is 1.32 bits per heavy atom. The third-order valence-corrected chi connectivity index (χ3v) is 3.54. The molecule has 1 aromatic rings. The topological polar surface area (TPSA) is 28.2 Å². The zero-order valence-corrected chi connectivity index (χ0v) is 12.9. The quantitative estimate of drug-likeness (QED) is 0.735. The molecule has 19 heavy (non-hydrogen) atoms. The summed E-state index contributed by atoms with van der Waals surface area (Å²) >= 11 is 0. The van der Waals surface area contributed by atoms with E-state index in [9.17, 15) is 0 Å². The van der Waals surface area contributed by atoms with E-state index < -0.39 is 0 Å². The van der Waals surface area contributed by atoms with E-state index in [0.29, 0.717) is 0 Å². The van der Waals surface area contributed by atoms with Crippen molar-refractivity contribution in [2.24, 2.45) is 5.92 Å². The molecule has 1 atom stereocenters. The van der Waals surface area contributed by atoms with Crippen molar-refractivity contribution in [1.82, 2.24) is 9.88 Å². The molecule has 3 heteroatoms. The molecule has 0 amide bonds. The highest BCUT2D eigenvalue weighted by atomic mass is 15.1. The maximum absolute atomic E-state index is 4.47. The minimum absolute atomic E-state index is 0.753. The molecule has 3 nitrogen and oxygen atoms in total. The number of nitrogens with zero attached hydrogens (tertiary/aromatic N) is 2. The Balaban J connectivity index is 2.67. The number of hydrogen-bond donors (Lipinski definition) is 1. The van der Waals surface area contributed by atoms with Crippen LogP contribution in [-0.4, -0.2) is 29.5 Å². The van der Waals surface area contributed by atoms with Gasteiger partial charge in [0.15, 0.2) is 0 Å². The predicted octanol–water partition coefficient (Wildman–Crippen LogP) is 3.77. The fraction of sp³-hybridized carbons (Fsp3) is 0.688. The van der Waals surface area contributed by atoms with Crippen LogP contribution < -0.4 is 5.32 Å². The molecule has 0 aromatic carbocycles. The van der Waals surface area contributed by atoms with Gasteiger partial charge in [-0.25, -0.2) is 4.98 Å². The van der Waals surface area contributed by atoms with Crippen LogP contribution in [0.1, 0.15) is 46.1 Å². The summed E-state index contributed by atoms with van der Waals surface area (Å²) in [5, 5.41) is 3.42. The number of aromatic nitrogens is 1. The Hall–Kier alpha value is -1.09. The van der Waals surface area contributed by atoms with Crippen LogP contribution in [0.25, 0.3) is 0 Å². The summed E-state index contributed by atoms with van der Waals surface area (Å²) < 4.78 is 0. The first-order chi connectivity index (χ1) is 9.21. The van der Waals surface area contributed by atoms with E-state index in [1.165, 1.54) is 12.0 Å². The van der Waals surface area contributed by atoms with Gasteiger partial charge >= 0.3 is 0 Å². The van der Waals surface area contributed by atoms with Gasteiger partial charge in [-0.05, 0) is 24.9 Å². The Labute approximate surface area is 118 Å². The molecule has 0 spiro atoms. The molecule has 1 unspecified atom stereocenters. The van der Waals surface area contributed by atoms with Gasteiger partial charge in [0.05, 0.1) is 0 Å². The lowest BCUT2D eigenvalue weighted by Crippen LogP contribution is -2.28. The Morgan fingerprint density at radius 2 is 2.11 bits per heavy atom. The van der Waals surface area contributed by atoms with Crippen molar-refractivity contribution in [2.45, 2.75) is 47.1 Å². The van der Waals surface area contributed by atoms with Crippen LogP contribution in [0, 0.1) is 5.92 Å². The minimum Gasteiger partial charge on any atom is -0.370 e. The van der Waals surface area contributed by atoms with Crippen LogP contribution >= 0.6 is 0 Å². The predicted molar refractivity (Wildman–Crippen MR) is 83.4 cm³/mol. The standard InChI is InChI=1S/C16H29N3/c1-5-10-17-16-15(9-8-11-18-16)13-19(7-3)12-14(4)6-2/h8-9,11,14H,5-7,10,12-13H2,1-4H3,(H,17,18). The van der Waals surface area contributed by atoms with Gasteiger partial charge in [0, 0.05) is 31.4 Å². The van der Waals surface area contributed by atoms with E-state index in [4.69, 9.17) is 0 Å². The van der Waals surface area contributed by atoms with E-state index >= 15 is 0 Å². The van der Waals surface area contributed by atoms with Gasteiger partial charge in [0.25, 0.3) is 0 Å². The first-order valence-corrected chi connectivity index (χ1v) is 7.61. The minimum atomic E-state index is 0.753. The van der Waals surface area contributed by atoms with Gasteiger partial charge in [-0.1, -0.05) is 40.2 Å². The molecule has 0 saturated carbocycles. The van der Waals surface area contributed by atoms with Crippen LogP contribution in [0.15, 0.2) is 18.3 Å². The average Bonchev–Trinajstić information content (AvgIpc) is 2.45. The highest BCUT2D eigenvalue weighted by molar-refractivity contribution is 5.43. The second-order valence-corrected chi connectivity index (χ2v) is 5.28. The molecule has 0 fully saturated rings. The van der Waals surface area contributed by atoms with E-state index in [1.54, 1.807) is 0 Å². The lowest BCUT2D eigenvalue weighted by atomic mass is 10.1. The van der Waals surface area contributed by atoms with Crippen LogP contribution in [-0.2, 0) is 6.54 Å². The average molecular weight is 263 g/mol. The number of pyridine rings is 1. The first-order valence-electron chi connectivity index (χ1n) is 7.61. The number of rotatable bonds is 9. The van der Waals surface area contributed by atoms with Crippen molar-refractivity contribution in [3.05, 3.63) is 23.9 Å². The van der Waals surface area contributed by atoms with Gasteiger partial charge in [-0.3, -0.25) is 4.90 Å². The van der Waals surface area contributed by atoms with Crippen LogP contribution in [0.5, 0.6) is 0 Å². The zero-order valence-electron chi connectivity index (χ0n) is 12.9. The SMILES string of the molecule is CCCNc1ncccc1CN(CC)CC(C)CC. The maximum Gasteiger partial charge on any atom is 0.130 e. The summed E-state index contributed by atoms with van der Waals surface area (Å²) in [4.78, 5) is 6.97. The Bertz CT molecular complexity index is 352. The summed E-state index contributed by atoms with van der Waals surface area (Å²) in [6, 6.07) is 4.22. The molecule has 1 rings (SSSR count). The normalized spacial score (nSPS) is 12.7. The van der Waals surface area contributed by atoms with Crippen LogP contribution in [0.3, 0.4) is 0 Å². The molecule has 0 aliphatic carbocycles. The van der Waals surface area contributed by atoms with Gasteiger partial charge < -0.3 is 5.32 Å². The Morgan fingerprint density at radius 3 is 2.74 bits per heavy atom. The molecule has 1 heterocycles. The fourth-order valence-electron chi connectivity index (χ4n) is 2.08. The monoisotopic (exact) mass is 263 g/mol. The highest BCUT2D eigenvalue weighted by Gasteiger charge is 2.10. The van der Waals surface area contributed by atoms with Gasteiger partial charge in [0.2, 0.25) is 0 Å². The van der Waals surface area contributed by atoms with Crippen molar-refractivity contribution in [3.63, 3.8) is 0 Å². The van der Waals surface area contributed by atoms with Crippen molar-refractivity contribution in [1.29, 1.82) is 0 Å². The van der Waals surface area contributed by atoms with Gasteiger partial charge in [-0.15, -0.1) is 0 Å². The molecule has 1 N–H and O–H groups in total. The van der Waals surface area contributed by atoms with Crippen molar-refractivity contribution in [2.75, 3.05) is 25.0 Å². The molecule has 108 valence electrons. The number of anilines is 1. The van der Waals surface area contributed by atoms with Crippen molar-refractivity contribution < 1.29 is 0 Å². The van der Waals surface area contributed by atoms with Gasteiger partial charge in [0.1, 0.15) is 5.82 Å².